The predicted molar refractivity (Wildman–Crippen MR) is 85.1 cm³/mol. The zero-order valence-electron chi connectivity index (χ0n) is 12.6. The lowest BCUT2D eigenvalue weighted by molar-refractivity contribution is 0.395. The lowest BCUT2D eigenvalue weighted by Crippen LogP contribution is -2.26. The van der Waals surface area contributed by atoms with Crippen LogP contribution >= 0.6 is 0 Å². The molecule has 0 bridgehead atoms. The molecule has 0 aliphatic heterocycles. The molecule has 0 aromatic heterocycles. The average Bonchev–Trinajstić information content (AvgIpc) is 2.87. The van der Waals surface area contributed by atoms with E-state index in [9.17, 15) is 0 Å². The van der Waals surface area contributed by atoms with Gasteiger partial charge in [0.25, 0.3) is 0 Å². The molecule has 0 amide bonds. The van der Waals surface area contributed by atoms with E-state index in [-0.39, 0.29) is 0 Å². The fourth-order valence-corrected chi connectivity index (χ4v) is 3.57. The molecule has 0 spiro atoms. The molecular formula is C19H23N. The average molecular weight is 265 g/mol. The normalized spacial score (nSPS) is 16.1. The van der Waals surface area contributed by atoms with Crippen LogP contribution in [0.3, 0.4) is 0 Å². The molecule has 2 aromatic carbocycles. The van der Waals surface area contributed by atoms with Gasteiger partial charge in [-0.05, 0) is 61.9 Å². The molecule has 1 unspecified atom stereocenters. The highest BCUT2D eigenvalue weighted by Crippen LogP contribution is 2.36. The summed E-state index contributed by atoms with van der Waals surface area (Å²) in [5.41, 5.74) is 7.27. The van der Waals surface area contributed by atoms with E-state index in [0.717, 1.165) is 0 Å². The topological polar surface area (TPSA) is 12.0 Å². The largest absolute Gasteiger partial charge is 0.313 e. The molecule has 20 heavy (non-hydrogen) atoms. The van der Waals surface area contributed by atoms with E-state index in [4.69, 9.17) is 0 Å². The standard InChI is InChI=1S/C19H23N/c1-13-8-9-14(2)18(10-13)19(20-3)17-11-15-6-4-5-7-16(15)12-17/h4-10,17,19-20H,11-12H2,1-3H3. The molecule has 1 aliphatic carbocycles. The van der Waals surface area contributed by atoms with Gasteiger partial charge in [0.05, 0.1) is 0 Å². The number of aryl methyl sites for hydroxylation is 2. The van der Waals surface area contributed by atoms with E-state index in [1.165, 1.54) is 40.7 Å². The lowest BCUT2D eigenvalue weighted by Gasteiger charge is -2.25. The number of rotatable bonds is 3. The second kappa shape index (κ2) is 5.41. The third-order valence-corrected chi connectivity index (χ3v) is 4.63. The number of hydrogen-bond acceptors (Lipinski definition) is 1. The van der Waals surface area contributed by atoms with Gasteiger partial charge in [0.1, 0.15) is 0 Å². The Morgan fingerprint density at radius 3 is 2.25 bits per heavy atom. The van der Waals surface area contributed by atoms with Crippen molar-refractivity contribution >= 4 is 0 Å². The van der Waals surface area contributed by atoms with Gasteiger partial charge in [-0.25, -0.2) is 0 Å². The van der Waals surface area contributed by atoms with Crippen molar-refractivity contribution < 1.29 is 0 Å². The van der Waals surface area contributed by atoms with E-state index < -0.39 is 0 Å². The first-order valence-corrected chi connectivity index (χ1v) is 7.50. The van der Waals surface area contributed by atoms with Crippen molar-refractivity contribution in [1.29, 1.82) is 0 Å². The van der Waals surface area contributed by atoms with E-state index >= 15 is 0 Å². The number of nitrogens with one attached hydrogen (secondary N) is 1. The van der Waals surface area contributed by atoms with Crippen molar-refractivity contribution in [2.45, 2.75) is 32.7 Å². The first-order valence-electron chi connectivity index (χ1n) is 7.50. The quantitative estimate of drug-likeness (QED) is 0.885. The maximum absolute atomic E-state index is 3.56. The van der Waals surface area contributed by atoms with Gasteiger partial charge in [0.15, 0.2) is 0 Å². The molecule has 1 N–H and O–H groups in total. The summed E-state index contributed by atoms with van der Waals surface area (Å²) in [6.07, 6.45) is 2.38. The smallest absolute Gasteiger partial charge is 0.0355 e. The molecule has 1 atom stereocenters. The first kappa shape index (κ1) is 13.4. The SMILES string of the molecule is CNC(c1cc(C)ccc1C)C1Cc2ccccc2C1. The first-order chi connectivity index (χ1) is 9.69. The van der Waals surface area contributed by atoms with Gasteiger partial charge in [0, 0.05) is 6.04 Å². The van der Waals surface area contributed by atoms with Crippen LogP contribution in [0, 0.1) is 19.8 Å². The molecule has 0 heterocycles. The Labute approximate surface area is 122 Å². The van der Waals surface area contributed by atoms with E-state index in [2.05, 4.69) is 68.7 Å². The van der Waals surface area contributed by atoms with Crippen LogP contribution in [-0.2, 0) is 12.8 Å². The van der Waals surface area contributed by atoms with Crippen LogP contribution in [-0.4, -0.2) is 7.05 Å². The van der Waals surface area contributed by atoms with Crippen LogP contribution < -0.4 is 5.32 Å². The highest BCUT2D eigenvalue weighted by molar-refractivity contribution is 5.37. The van der Waals surface area contributed by atoms with Crippen molar-refractivity contribution in [2.75, 3.05) is 7.05 Å². The van der Waals surface area contributed by atoms with Crippen LogP contribution in [0.25, 0.3) is 0 Å². The highest BCUT2D eigenvalue weighted by atomic mass is 14.9. The van der Waals surface area contributed by atoms with Crippen molar-refractivity contribution in [1.82, 2.24) is 5.32 Å². The fourth-order valence-electron chi connectivity index (χ4n) is 3.57. The lowest BCUT2D eigenvalue weighted by atomic mass is 9.87. The Morgan fingerprint density at radius 2 is 1.65 bits per heavy atom. The summed E-state index contributed by atoms with van der Waals surface area (Å²) in [5, 5.41) is 3.56. The monoisotopic (exact) mass is 265 g/mol. The van der Waals surface area contributed by atoms with Gasteiger partial charge >= 0.3 is 0 Å². The summed E-state index contributed by atoms with van der Waals surface area (Å²) in [6, 6.07) is 16.1. The van der Waals surface area contributed by atoms with E-state index in [0.29, 0.717) is 12.0 Å². The maximum atomic E-state index is 3.56. The Balaban J connectivity index is 1.91. The summed E-state index contributed by atoms with van der Waals surface area (Å²) >= 11 is 0. The van der Waals surface area contributed by atoms with Gasteiger partial charge in [-0.3, -0.25) is 0 Å². The number of benzene rings is 2. The van der Waals surface area contributed by atoms with Gasteiger partial charge in [-0.2, -0.15) is 0 Å². The Bertz CT molecular complexity index is 590. The van der Waals surface area contributed by atoms with Gasteiger partial charge in [0.2, 0.25) is 0 Å². The van der Waals surface area contributed by atoms with Crippen LogP contribution in [0.2, 0.25) is 0 Å². The molecule has 0 fully saturated rings. The molecule has 104 valence electrons. The molecule has 0 saturated carbocycles. The number of fused-ring (bicyclic) bond motifs is 1. The van der Waals surface area contributed by atoms with Crippen molar-refractivity contribution in [3.63, 3.8) is 0 Å². The molecule has 3 rings (SSSR count). The maximum Gasteiger partial charge on any atom is 0.0355 e. The minimum atomic E-state index is 0.447. The molecular weight excluding hydrogens is 242 g/mol. The van der Waals surface area contributed by atoms with Crippen LogP contribution in [0.4, 0.5) is 0 Å². The van der Waals surface area contributed by atoms with Gasteiger partial charge in [-0.15, -0.1) is 0 Å². The second-order valence-corrected chi connectivity index (χ2v) is 6.06. The minimum Gasteiger partial charge on any atom is -0.313 e. The third-order valence-electron chi connectivity index (χ3n) is 4.63. The highest BCUT2D eigenvalue weighted by Gasteiger charge is 2.29. The van der Waals surface area contributed by atoms with Crippen LogP contribution in [0.5, 0.6) is 0 Å². The van der Waals surface area contributed by atoms with Crippen LogP contribution in [0.1, 0.15) is 33.9 Å². The molecule has 1 heteroatoms. The van der Waals surface area contributed by atoms with Crippen molar-refractivity contribution in [3.8, 4) is 0 Å². The summed E-state index contributed by atoms with van der Waals surface area (Å²) < 4.78 is 0. The predicted octanol–water partition coefficient (Wildman–Crippen LogP) is 3.98. The zero-order chi connectivity index (χ0) is 14.1. The second-order valence-electron chi connectivity index (χ2n) is 6.06. The summed E-state index contributed by atoms with van der Waals surface area (Å²) in [5.74, 6) is 0.665. The van der Waals surface area contributed by atoms with Gasteiger partial charge in [-0.1, -0.05) is 48.0 Å². The molecule has 0 saturated heterocycles. The van der Waals surface area contributed by atoms with Gasteiger partial charge < -0.3 is 5.32 Å². The van der Waals surface area contributed by atoms with Crippen LogP contribution in [0.15, 0.2) is 42.5 Å². The third kappa shape index (κ3) is 2.38. The summed E-state index contributed by atoms with van der Waals surface area (Å²) in [4.78, 5) is 0. The van der Waals surface area contributed by atoms with E-state index in [1.807, 2.05) is 0 Å². The number of hydrogen-bond donors (Lipinski definition) is 1. The molecule has 1 nitrogen and oxygen atoms in total. The molecule has 0 radical (unpaired) electrons. The fraction of sp³-hybridized carbons (Fsp3) is 0.368. The van der Waals surface area contributed by atoms with E-state index in [1.54, 1.807) is 0 Å². The Kier molecular flexibility index (Phi) is 3.62. The Morgan fingerprint density at radius 1 is 1.00 bits per heavy atom. The minimum absolute atomic E-state index is 0.447. The Hall–Kier alpha value is -1.60. The zero-order valence-corrected chi connectivity index (χ0v) is 12.6. The van der Waals surface area contributed by atoms with Crippen molar-refractivity contribution in [2.24, 2.45) is 5.92 Å². The van der Waals surface area contributed by atoms with Crippen molar-refractivity contribution in [3.05, 3.63) is 70.3 Å². The summed E-state index contributed by atoms with van der Waals surface area (Å²) in [7, 11) is 2.09. The summed E-state index contributed by atoms with van der Waals surface area (Å²) in [6.45, 7) is 4.40. The molecule has 2 aromatic rings. The molecule has 1 aliphatic rings.